The fourth-order valence-electron chi connectivity index (χ4n) is 4.36. The van der Waals surface area contributed by atoms with E-state index >= 15 is 0 Å². The van der Waals surface area contributed by atoms with Gasteiger partial charge in [-0.2, -0.15) is 0 Å². The summed E-state index contributed by atoms with van der Waals surface area (Å²) < 4.78 is 4.99. The van der Waals surface area contributed by atoms with Crippen LogP contribution in [0.2, 0.25) is 0 Å². The predicted octanol–water partition coefficient (Wildman–Crippen LogP) is 3.00. The topological polar surface area (TPSA) is 105 Å². The number of benzene rings is 1. The molecule has 0 atom stereocenters. The van der Waals surface area contributed by atoms with Crippen LogP contribution in [0, 0.1) is 18.3 Å². The van der Waals surface area contributed by atoms with Crippen LogP contribution in [-0.4, -0.2) is 47.4 Å². The Labute approximate surface area is 182 Å². The molecule has 1 aliphatic heterocycles. The molecule has 0 unspecified atom stereocenters. The number of carbonyl (C=O) groups is 4. The van der Waals surface area contributed by atoms with E-state index in [-0.39, 0.29) is 11.3 Å². The Morgan fingerprint density at radius 2 is 1.84 bits per heavy atom. The lowest BCUT2D eigenvalue weighted by molar-refractivity contribution is -0.150. The number of imide groups is 1. The minimum absolute atomic E-state index is 0.148. The van der Waals surface area contributed by atoms with E-state index in [4.69, 9.17) is 4.74 Å². The van der Waals surface area contributed by atoms with E-state index in [1.54, 1.807) is 12.1 Å². The van der Waals surface area contributed by atoms with Crippen molar-refractivity contribution in [2.24, 2.45) is 11.3 Å². The standard InChI is InChI=1S/C23H31N3O5/c1-15-7-5-6-8-17(15)24-18(27)14-31-19(28)13-26-20(29)23(25-21(26)30)11-9-16(10-12-23)22(2,3)4/h5-8,16H,9-14H2,1-4H3,(H,24,27)(H,25,30). The fourth-order valence-corrected chi connectivity index (χ4v) is 4.36. The maximum absolute atomic E-state index is 13.0. The Morgan fingerprint density at radius 3 is 2.45 bits per heavy atom. The van der Waals surface area contributed by atoms with Crippen LogP contribution in [-0.2, 0) is 19.1 Å². The zero-order valence-electron chi connectivity index (χ0n) is 18.6. The monoisotopic (exact) mass is 429 g/mol. The van der Waals surface area contributed by atoms with E-state index in [1.807, 2.05) is 19.1 Å². The van der Waals surface area contributed by atoms with Crippen molar-refractivity contribution < 1.29 is 23.9 Å². The molecule has 1 aromatic rings. The van der Waals surface area contributed by atoms with Gasteiger partial charge in [-0.1, -0.05) is 39.0 Å². The van der Waals surface area contributed by atoms with Gasteiger partial charge in [0.1, 0.15) is 12.1 Å². The number of aryl methyl sites for hydroxylation is 1. The first-order valence-corrected chi connectivity index (χ1v) is 10.7. The first-order valence-electron chi connectivity index (χ1n) is 10.7. The Balaban J connectivity index is 1.51. The number of nitrogens with zero attached hydrogens (tertiary/aromatic N) is 1. The van der Waals surface area contributed by atoms with Crippen molar-refractivity contribution in [1.29, 1.82) is 0 Å². The quantitative estimate of drug-likeness (QED) is 0.553. The molecular formula is C23H31N3O5. The Hall–Kier alpha value is -2.90. The van der Waals surface area contributed by atoms with E-state index in [9.17, 15) is 19.2 Å². The number of esters is 1. The molecule has 1 saturated heterocycles. The van der Waals surface area contributed by atoms with Gasteiger partial charge in [-0.15, -0.1) is 0 Å². The third-order valence-corrected chi connectivity index (χ3v) is 6.38. The van der Waals surface area contributed by atoms with Crippen molar-refractivity contribution >= 4 is 29.5 Å². The SMILES string of the molecule is Cc1ccccc1NC(=O)COC(=O)CN1C(=O)NC2(CCC(C(C)(C)C)CC2)C1=O. The molecular weight excluding hydrogens is 398 g/mol. The first kappa shape index (κ1) is 22.8. The Bertz CT molecular complexity index is 881. The van der Waals surface area contributed by atoms with Gasteiger partial charge in [-0.3, -0.25) is 19.3 Å². The molecule has 0 radical (unpaired) electrons. The molecule has 2 aliphatic rings. The molecule has 0 bridgehead atoms. The molecule has 31 heavy (non-hydrogen) atoms. The third-order valence-electron chi connectivity index (χ3n) is 6.38. The molecule has 4 amide bonds. The van der Waals surface area contributed by atoms with E-state index < -0.39 is 36.6 Å². The van der Waals surface area contributed by atoms with Gasteiger partial charge < -0.3 is 15.4 Å². The fraction of sp³-hybridized carbons (Fsp3) is 0.565. The normalized spacial score (nSPS) is 23.6. The number of hydrogen-bond donors (Lipinski definition) is 2. The van der Waals surface area contributed by atoms with E-state index in [1.165, 1.54) is 0 Å². The molecule has 1 saturated carbocycles. The molecule has 2 N–H and O–H groups in total. The molecule has 1 spiro atoms. The van der Waals surface area contributed by atoms with Crippen molar-refractivity contribution in [3.05, 3.63) is 29.8 Å². The number of nitrogens with one attached hydrogen (secondary N) is 2. The molecule has 1 aromatic carbocycles. The lowest BCUT2D eigenvalue weighted by Crippen LogP contribution is -2.50. The average Bonchev–Trinajstić information content (AvgIpc) is 2.92. The molecule has 168 valence electrons. The van der Waals surface area contributed by atoms with Crippen LogP contribution in [0.3, 0.4) is 0 Å². The molecule has 1 heterocycles. The van der Waals surface area contributed by atoms with Crippen LogP contribution in [0.25, 0.3) is 0 Å². The number of para-hydroxylation sites is 1. The van der Waals surface area contributed by atoms with Gasteiger partial charge in [-0.05, 0) is 55.6 Å². The minimum Gasteiger partial charge on any atom is -0.454 e. The predicted molar refractivity (Wildman–Crippen MR) is 115 cm³/mol. The second-order valence-corrected chi connectivity index (χ2v) is 9.57. The third kappa shape index (κ3) is 5.06. The summed E-state index contributed by atoms with van der Waals surface area (Å²) in [6.45, 7) is 7.40. The highest BCUT2D eigenvalue weighted by atomic mass is 16.5. The highest BCUT2D eigenvalue weighted by Crippen LogP contribution is 2.43. The number of carbonyl (C=O) groups excluding carboxylic acids is 4. The maximum Gasteiger partial charge on any atom is 0.326 e. The van der Waals surface area contributed by atoms with Crippen molar-refractivity contribution in [3.63, 3.8) is 0 Å². The van der Waals surface area contributed by atoms with Gasteiger partial charge in [0.15, 0.2) is 6.61 Å². The van der Waals surface area contributed by atoms with Gasteiger partial charge in [0.2, 0.25) is 0 Å². The van der Waals surface area contributed by atoms with Crippen LogP contribution in [0.1, 0.15) is 52.0 Å². The lowest BCUT2D eigenvalue weighted by Gasteiger charge is -2.40. The maximum atomic E-state index is 13.0. The van der Waals surface area contributed by atoms with Gasteiger partial charge >= 0.3 is 12.0 Å². The van der Waals surface area contributed by atoms with Crippen molar-refractivity contribution in [2.75, 3.05) is 18.5 Å². The van der Waals surface area contributed by atoms with Crippen LogP contribution in [0.4, 0.5) is 10.5 Å². The second kappa shape index (κ2) is 8.69. The zero-order chi connectivity index (χ0) is 22.8. The smallest absolute Gasteiger partial charge is 0.326 e. The average molecular weight is 430 g/mol. The molecule has 3 rings (SSSR count). The number of hydrogen-bond acceptors (Lipinski definition) is 5. The summed E-state index contributed by atoms with van der Waals surface area (Å²) in [4.78, 5) is 50.5. The largest absolute Gasteiger partial charge is 0.454 e. The highest BCUT2D eigenvalue weighted by molar-refractivity contribution is 6.08. The lowest BCUT2D eigenvalue weighted by atomic mass is 9.67. The summed E-state index contributed by atoms with van der Waals surface area (Å²) in [5, 5.41) is 5.46. The van der Waals surface area contributed by atoms with Gasteiger partial charge in [0, 0.05) is 5.69 Å². The number of ether oxygens (including phenoxy) is 1. The minimum atomic E-state index is -0.929. The Kier molecular flexibility index (Phi) is 6.38. The molecule has 1 aliphatic carbocycles. The van der Waals surface area contributed by atoms with E-state index in [2.05, 4.69) is 31.4 Å². The van der Waals surface area contributed by atoms with E-state index in [0.29, 0.717) is 24.4 Å². The summed E-state index contributed by atoms with van der Waals surface area (Å²) in [5.41, 5.74) is 0.732. The first-order chi connectivity index (χ1) is 14.5. The van der Waals surface area contributed by atoms with Crippen LogP contribution >= 0.6 is 0 Å². The van der Waals surface area contributed by atoms with Crippen LogP contribution in [0.15, 0.2) is 24.3 Å². The van der Waals surface area contributed by atoms with Crippen molar-refractivity contribution in [3.8, 4) is 0 Å². The Morgan fingerprint density at radius 1 is 1.19 bits per heavy atom. The van der Waals surface area contributed by atoms with Gasteiger partial charge in [0.05, 0.1) is 0 Å². The van der Waals surface area contributed by atoms with Gasteiger partial charge in [0.25, 0.3) is 11.8 Å². The van der Waals surface area contributed by atoms with Crippen molar-refractivity contribution in [2.45, 2.75) is 58.9 Å². The highest BCUT2D eigenvalue weighted by Gasteiger charge is 2.53. The number of rotatable bonds is 5. The molecule has 8 heteroatoms. The van der Waals surface area contributed by atoms with E-state index in [0.717, 1.165) is 23.3 Å². The summed E-state index contributed by atoms with van der Waals surface area (Å²) in [6.07, 6.45) is 2.80. The number of urea groups is 1. The number of amides is 4. The molecule has 2 fully saturated rings. The number of anilines is 1. The summed E-state index contributed by atoms with van der Waals surface area (Å²) in [7, 11) is 0. The van der Waals surface area contributed by atoms with Crippen molar-refractivity contribution in [1.82, 2.24) is 10.2 Å². The molecule has 0 aromatic heterocycles. The summed E-state index contributed by atoms with van der Waals surface area (Å²) in [5.74, 6) is -1.19. The van der Waals surface area contributed by atoms with Crippen LogP contribution in [0.5, 0.6) is 0 Å². The van der Waals surface area contributed by atoms with Gasteiger partial charge in [-0.25, -0.2) is 4.79 Å². The summed E-state index contributed by atoms with van der Waals surface area (Å²) >= 11 is 0. The second-order valence-electron chi connectivity index (χ2n) is 9.57. The zero-order valence-corrected chi connectivity index (χ0v) is 18.6. The summed E-state index contributed by atoms with van der Waals surface area (Å²) in [6, 6.07) is 6.66. The molecule has 8 nitrogen and oxygen atoms in total. The van der Waals surface area contributed by atoms with Crippen LogP contribution < -0.4 is 10.6 Å².